The maximum Gasteiger partial charge on any atom is 0.258 e. The Morgan fingerprint density at radius 3 is 3.07 bits per heavy atom. The number of hydrogen-bond acceptors (Lipinski definition) is 4. The molecule has 0 aliphatic carbocycles. The normalized spacial score (nSPS) is 16.7. The second-order valence-electron chi connectivity index (χ2n) is 7.45. The van der Waals surface area contributed by atoms with Crippen molar-refractivity contribution < 1.29 is 4.74 Å². The number of H-pyrrole nitrogens is 1. The third-order valence-corrected chi connectivity index (χ3v) is 5.67. The van der Waals surface area contributed by atoms with Gasteiger partial charge in [0.1, 0.15) is 17.2 Å². The van der Waals surface area contributed by atoms with Crippen molar-refractivity contribution >= 4 is 34.0 Å². The summed E-state index contributed by atoms with van der Waals surface area (Å²) in [7, 11) is 0. The van der Waals surface area contributed by atoms with Gasteiger partial charge in [-0.05, 0) is 48.9 Å². The van der Waals surface area contributed by atoms with E-state index in [9.17, 15) is 4.79 Å². The van der Waals surface area contributed by atoms with Crippen LogP contribution in [0.5, 0.6) is 0 Å². The molecule has 0 saturated carbocycles. The third-order valence-electron chi connectivity index (χ3n) is 5.45. The Bertz CT molecular complexity index is 1270. The van der Waals surface area contributed by atoms with Crippen molar-refractivity contribution in [1.82, 2.24) is 14.4 Å². The van der Waals surface area contributed by atoms with E-state index >= 15 is 0 Å². The molecule has 0 radical (unpaired) electrons. The van der Waals surface area contributed by atoms with Crippen molar-refractivity contribution in [2.45, 2.75) is 25.9 Å². The Balaban J connectivity index is 1.67. The van der Waals surface area contributed by atoms with Gasteiger partial charge in [-0.3, -0.25) is 9.20 Å². The summed E-state index contributed by atoms with van der Waals surface area (Å²) in [6, 6.07) is 11.5. The number of benzene rings is 1. The van der Waals surface area contributed by atoms with Crippen LogP contribution in [-0.4, -0.2) is 33.6 Å². The van der Waals surface area contributed by atoms with Gasteiger partial charge in [-0.2, -0.15) is 0 Å². The minimum absolute atomic E-state index is 0.158. The molecule has 7 heteroatoms. The van der Waals surface area contributed by atoms with Gasteiger partial charge in [0.15, 0.2) is 0 Å². The highest BCUT2D eigenvalue weighted by molar-refractivity contribution is 6.30. The molecule has 1 atom stereocenters. The summed E-state index contributed by atoms with van der Waals surface area (Å²) in [5.41, 5.74) is 3.57. The first-order valence-corrected chi connectivity index (χ1v) is 10.1. The number of pyridine rings is 2. The van der Waals surface area contributed by atoms with Gasteiger partial charge in [-0.15, -0.1) is 0 Å². The van der Waals surface area contributed by atoms with Crippen LogP contribution < -0.4 is 10.9 Å². The van der Waals surface area contributed by atoms with Gasteiger partial charge in [0.2, 0.25) is 0 Å². The molecule has 4 aromatic rings. The Hall–Kier alpha value is -2.83. The van der Waals surface area contributed by atoms with Crippen molar-refractivity contribution in [2.24, 2.45) is 0 Å². The lowest BCUT2D eigenvalue weighted by atomic mass is 10.1. The van der Waals surface area contributed by atoms with E-state index in [1.165, 1.54) is 0 Å². The Morgan fingerprint density at radius 2 is 2.24 bits per heavy atom. The van der Waals surface area contributed by atoms with Gasteiger partial charge >= 0.3 is 0 Å². The summed E-state index contributed by atoms with van der Waals surface area (Å²) >= 11 is 6.23. The van der Waals surface area contributed by atoms with Crippen molar-refractivity contribution in [3.63, 3.8) is 0 Å². The first-order valence-electron chi connectivity index (χ1n) is 9.76. The molecule has 1 saturated heterocycles. The number of imidazole rings is 1. The minimum atomic E-state index is -0.165. The smallest absolute Gasteiger partial charge is 0.258 e. The molecule has 3 aromatic heterocycles. The molecule has 0 bridgehead atoms. The summed E-state index contributed by atoms with van der Waals surface area (Å²) in [5, 5.41) is 5.03. The van der Waals surface area contributed by atoms with Crippen LogP contribution in [0.15, 0.2) is 47.4 Å². The molecule has 2 N–H and O–H groups in total. The molecule has 5 rings (SSSR count). The summed E-state index contributed by atoms with van der Waals surface area (Å²) < 4.78 is 7.64. The fourth-order valence-corrected chi connectivity index (χ4v) is 4.11. The number of nitrogens with one attached hydrogen (secondary N) is 2. The van der Waals surface area contributed by atoms with E-state index in [0.717, 1.165) is 47.4 Å². The van der Waals surface area contributed by atoms with Gasteiger partial charge in [-0.1, -0.05) is 29.8 Å². The molecular formula is C22H21ClN4O2. The minimum Gasteiger partial charge on any atom is -0.376 e. The standard InChI is InChI=1S/C22H21ClN4O2/c1-13-4-2-5-14-10-17(22(28)26-19(13)14)20-21(24-11-16-6-3-9-29-16)27-12-15(23)7-8-18(27)25-20/h2,4-5,7-8,10,12,16,24H,3,6,9,11H2,1H3,(H,26,28). The number of aromatic amines is 1. The van der Waals surface area contributed by atoms with Crippen molar-refractivity contribution in [1.29, 1.82) is 0 Å². The summed E-state index contributed by atoms with van der Waals surface area (Å²) in [4.78, 5) is 20.7. The first-order chi connectivity index (χ1) is 14.1. The Morgan fingerprint density at radius 1 is 1.34 bits per heavy atom. The van der Waals surface area contributed by atoms with Gasteiger partial charge in [-0.25, -0.2) is 4.98 Å². The van der Waals surface area contributed by atoms with E-state index in [4.69, 9.17) is 21.3 Å². The number of para-hydroxylation sites is 1. The third kappa shape index (κ3) is 3.28. The molecule has 4 heterocycles. The van der Waals surface area contributed by atoms with Crippen molar-refractivity contribution in [2.75, 3.05) is 18.5 Å². The molecule has 29 heavy (non-hydrogen) atoms. The number of anilines is 1. The number of nitrogens with zero attached hydrogens (tertiary/aromatic N) is 2. The van der Waals surface area contributed by atoms with Gasteiger partial charge in [0.25, 0.3) is 5.56 Å². The van der Waals surface area contributed by atoms with Crippen LogP contribution in [0.2, 0.25) is 5.02 Å². The molecule has 1 fully saturated rings. The van der Waals surface area contributed by atoms with Crippen molar-refractivity contribution in [3.8, 4) is 11.3 Å². The van der Waals surface area contributed by atoms with E-state index in [-0.39, 0.29) is 11.7 Å². The summed E-state index contributed by atoms with van der Waals surface area (Å²) in [5.74, 6) is 0.746. The quantitative estimate of drug-likeness (QED) is 0.525. The SMILES string of the molecule is Cc1cccc2cc(-c3nc4ccc(Cl)cn4c3NCC3CCCO3)c(=O)[nH]c12. The number of hydrogen-bond donors (Lipinski definition) is 2. The van der Waals surface area contributed by atoms with Crippen LogP contribution in [0.3, 0.4) is 0 Å². The Labute approximate surface area is 172 Å². The molecular weight excluding hydrogens is 388 g/mol. The van der Waals surface area contributed by atoms with E-state index in [2.05, 4.69) is 10.3 Å². The van der Waals surface area contributed by atoms with Crippen LogP contribution in [0.1, 0.15) is 18.4 Å². The zero-order valence-electron chi connectivity index (χ0n) is 16.0. The second-order valence-corrected chi connectivity index (χ2v) is 7.89. The van der Waals surface area contributed by atoms with E-state index in [1.54, 1.807) is 6.07 Å². The van der Waals surface area contributed by atoms with E-state index in [0.29, 0.717) is 22.8 Å². The predicted octanol–water partition coefficient (Wildman–Crippen LogP) is 4.40. The van der Waals surface area contributed by atoms with Crippen LogP contribution in [0, 0.1) is 6.92 Å². The maximum atomic E-state index is 13.0. The molecule has 1 unspecified atom stereocenters. The first kappa shape index (κ1) is 18.2. The van der Waals surface area contributed by atoms with E-state index in [1.807, 2.05) is 47.9 Å². The highest BCUT2D eigenvalue weighted by Gasteiger charge is 2.21. The largest absolute Gasteiger partial charge is 0.376 e. The zero-order chi connectivity index (χ0) is 20.0. The van der Waals surface area contributed by atoms with Crippen LogP contribution >= 0.6 is 11.6 Å². The number of ether oxygens (including phenoxy) is 1. The average molecular weight is 409 g/mol. The molecule has 0 amide bonds. The van der Waals surface area contributed by atoms with Crippen molar-refractivity contribution in [3.05, 3.63) is 63.5 Å². The lowest BCUT2D eigenvalue weighted by Crippen LogP contribution is -2.20. The highest BCUT2D eigenvalue weighted by atomic mass is 35.5. The second kappa shape index (κ2) is 7.21. The number of aryl methyl sites for hydroxylation is 1. The lowest BCUT2D eigenvalue weighted by Gasteiger charge is -2.13. The lowest BCUT2D eigenvalue weighted by molar-refractivity contribution is 0.120. The molecule has 148 valence electrons. The van der Waals surface area contributed by atoms with Gasteiger partial charge in [0, 0.05) is 19.3 Å². The zero-order valence-corrected chi connectivity index (χ0v) is 16.8. The van der Waals surface area contributed by atoms with Crippen LogP contribution in [0.4, 0.5) is 5.82 Å². The highest BCUT2D eigenvalue weighted by Crippen LogP contribution is 2.30. The topological polar surface area (TPSA) is 71.4 Å². The number of aromatic nitrogens is 3. The number of halogens is 1. The van der Waals surface area contributed by atoms with Gasteiger partial charge in [0.05, 0.1) is 22.2 Å². The monoisotopic (exact) mass is 408 g/mol. The predicted molar refractivity (Wildman–Crippen MR) is 116 cm³/mol. The molecule has 1 aliphatic rings. The van der Waals surface area contributed by atoms with Gasteiger partial charge < -0.3 is 15.0 Å². The number of rotatable bonds is 4. The number of fused-ring (bicyclic) bond motifs is 2. The molecule has 1 aromatic carbocycles. The summed E-state index contributed by atoms with van der Waals surface area (Å²) in [6.07, 6.45) is 4.06. The summed E-state index contributed by atoms with van der Waals surface area (Å²) in [6.45, 7) is 3.43. The Kier molecular flexibility index (Phi) is 4.53. The molecule has 6 nitrogen and oxygen atoms in total. The maximum absolute atomic E-state index is 13.0. The van der Waals surface area contributed by atoms with Crippen LogP contribution in [0.25, 0.3) is 27.8 Å². The fraction of sp³-hybridized carbons (Fsp3) is 0.273. The fourth-order valence-electron chi connectivity index (χ4n) is 3.95. The average Bonchev–Trinajstić information content (AvgIpc) is 3.34. The van der Waals surface area contributed by atoms with E-state index < -0.39 is 0 Å². The van der Waals surface area contributed by atoms with Crippen LogP contribution in [-0.2, 0) is 4.74 Å². The molecule has 1 aliphatic heterocycles. The molecule has 0 spiro atoms.